The SMILES string of the molecule is CCCCCCCCCCCCCCCCOC(C)=S.[Ni]. The van der Waals surface area contributed by atoms with Gasteiger partial charge in [0.25, 0.3) is 0 Å². The fraction of sp³-hybridized carbons (Fsp3) is 0.944. The van der Waals surface area contributed by atoms with Crippen LogP contribution >= 0.6 is 12.2 Å². The van der Waals surface area contributed by atoms with Crippen molar-refractivity contribution in [2.45, 2.75) is 104 Å². The zero-order valence-electron chi connectivity index (χ0n) is 14.2. The van der Waals surface area contributed by atoms with E-state index in [0.717, 1.165) is 13.0 Å². The normalized spacial score (nSPS) is 10.2. The summed E-state index contributed by atoms with van der Waals surface area (Å²) in [5, 5.41) is 0.680. The van der Waals surface area contributed by atoms with Crippen molar-refractivity contribution >= 4 is 17.3 Å². The van der Waals surface area contributed by atoms with Crippen LogP contribution in [0.4, 0.5) is 0 Å². The van der Waals surface area contributed by atoms with Crippen LogP contribution in [0.1, 0.15) is 104 Å². The van der Waals surface area contributed by atoms with E-state index in [0.29, 0.717) is 5.05 Å². The molecule has 0 aromatic carbocycles. The molecular formula is C18H36NiOS. The van der Waals surface area contributed by atoms with Gasteiger partial charge < -0.3 is 4.74 Å². The Hall–Kier alpha value is 0.384. The summed E-state index contributed by atoms with van der Waals surface area (Å²) < 4.78 is 5.28. The largest absolute Gasteiger partial charge is 0.487 e. The molecule has 0 aliphatic carbocycles. The van der Waals surface area contributed by atoms with Crippen LogP contribution in [0.25, 0.3) is 0 Å². The number of thiocarbonyl (C=S) groups is 1. The molecule has 0 rings (SSSR count). The first-order valence-corrected chi connectivity index (χ1v) is 9.31. The average molecular weight is 359 g/mol. The summed E-state index contributed by atoms with van der Waals surface area (Å²) >= 11 is 4.87. The number of hydrogen-bond acceptors (Lipinski definition) is 2. The third-order valence-corrected chi connectivity index (χ3v) is 3.92. The van der Waals surface area contributed by atoms with Gasteiger partial charge >= 0.3 is 0 Å². The molecule has 0 aromatic heterocycles. The van der Waals surface area contributed by atoms with Crippen LogP contribution in [0.5, 0.6) is 0 Å². The molecule has 0 aromatic rings. The summed E-state index contributed by atoms with van der Waals surface area (Å²) in [6.07, 6.45) is 19.6. The molecule has 21 heavy (non-hydrogen) atoms. The van der Waals surface area contributed by atoms with Gasteiger partial charge in [0.15, 0.2) is 5.05 Å². The molecule has 0 atom stereocenters. The Balaban J connectivity index is 0. The number of rotatable bonds is 15. The maximum absolute atomic E-state index is 5.28. The third kappa shape index (κ3) is 22.8. The second-order valence-corrected chi connectivity index (χ2v) is 6.51. The van der Waals surface area contributed by atoms with E-state index >= 15 is 0 Å². The Morgan fingerprint density at radius 3 is 1.33 bits per heavy atom. The molecule has 0 radical (unpaired) electrons. The Bertz CT molecular complexity index is 209. The second kappa shape index (κ2) is 20.4. The molecule has 0 unspecified atom stereocenters. The monoisotopic (exact) mass is 358 g/mol. The first-order valence-electron chi connectivity index (χ1n) is 8.90. The fourth-order valence-electron chi connectivity index (χ4n) is 2.51. The molecule has 0 heterocycles. The van der Waals surface area contributed by atoms with Crippen LogP contribution in [-0.2, 0) is 21.2 Å². The van der Waals surface area contributed by atoms with E-state index < -0.39 is 0 Å². The van der Waals surface area contributed by atoms with Gasteiger partial charge in [0.05, 0.1) is 6.61 Å². The van der Waals surface area contributed by atoms with Crippen LogP contribution in [0.15, 0.2) is 0 Å². The summed E-state index contributed by atoms with van der Waals surface area (Å²) in [6.45, 7) is 4.94. The van der Waals surface area contributed by atoms with E-state index in [1.165, 1.54) is 83.5 Å². The Labute approximate surface area is 148 Å². The molecule has 0 bridgehead atoms. The fourth-order valence-corrected chi connectivity index (χ4v) is 2.60. The molecule has 0 aliphatic heterocycles. The minimum absolute atomic E-state index is 0. The Kier molecular flexibility index (Phi) is 23.0. The van der Waals surface area contributed by atoms with Crippen molar-refractivity contribution in [2.24, 2.45) is 0 Å². The predicted molar refractivity (Wildman–Crippen MR) is 94.5 cm³/mol. The van der Waals surface area contributed by atoms with Crippen molar-refractivity contribution < 1.29 is 21.2 Å². The van der Waals surface area contributed by atoms with Gasteiger partial charge in [-0.3, -0.25) is 0 Å². The van der Waals surface area contributed by atoms with E-state index in [1.54, 1.807) is 0 Å². The van der Waals surface area contributed by atoms with Gasteiger partial charge in [0, 0.05) is 23.4 Å². The third-order valence-electron chi connectivity index (χ3n) is 3.80. The Morgan fingerprint density at radius 1 is 0.667 bits per heavy atom. The van der Waals surface area contributed by atoms with Gasteiger partial charge in [0.2, 0.25) is 0 Å². The molecule has 3 heteroatoms. The van der Waals surface area contributed by atoms with Gasteiger partial charge in [-0.1, -0.05) is 90.4 Å². The standard InChI is InChI=1S/C18H36OS.Ni/c1-3-4-5-6-7-8-9-10-11-12-13-14-15-16-17-19-18(2)20;/h3-17H2,1-2H3;. The molecule has 0 amide bonds. The van der Waals surface area contributed by atoms with Gasteiger partial charge in [-0.15, -0.1) is 0 Å². The van der Waals surface area contributed by atoms with Gasteiger partial charge in [0.1, 0.15) is 0 Å². The van der Waals surface area contributed by atoms with Crippen LogP contribution < -0.4 is 0 Å². The summed E-state index contributed by atoms with van der Waals surface area (Å²) in [6, 6.07) is 0. The number of ether oxygens (including phenoxy) is 1. The predicted octanol–water partition coefficient (Wildman–Crippen LogP) is 6.83. The van der Waals surface area contributed by atoms with Crippen LogP contribution in [-0.4, -0.2) is 11.7 Å². The Morgan fingerprint density at radius 2 is 1.00 bits per heavy atom. The maximum atomic E-state index is 5.28. The van der Waals surface area contributed by atoms with E-state index in [4.69, 9.17) is 17.0 Å². The summed E-state index contributed by atoms with van der Waals surface area (Å²) in [4.78, 5) is 0. The molecule has 130 valence electrons. The van der Waals surface area contributed by atoms with Crippen molar-refractivity contribution in [3.63, 3.8) is 0 Å². The van der Waals surface area contributed by atoms with E-state index in [2.05, 4.69) is 6.92 Å². The zero-order valence-corrected chi connectivity index (χ0v) is 16.0. The second-order valence-electron chi connectivity index (χ2n) is 5.94. The topological polar surface area (TPSA) is 9.23 Å². The number of unbranched alkanes of at least 4 members (excludes halogenated alkanes) is 13. The maximum Gasteiger partial charge on any atom is 0.156 e. The zero-order chi connectivity index (χ0) is 14.9. The van der Waals surface area contributed by atoms with Gasteiger partial charge in [-0.05, 0) is 18.6 Å². The van der Waals surface area contributed by atoms with Crippen molar-refractivity contribution in [3.05, 3.63) is 0 Å². The van der Waals surface area contributed by atoms with Gasteiger partial charge in [-0.2, -0.15) is 0 Å². The molecule has 0 aliphatic rings. The first-order chi connectivity index (χ1) is 9.77. The minimum Gasteiger partial charge on any atom is -0.487 e. The molecule has 0 fully saturated rings. The van der Waals surface area contributed by atoms with Crippen molar-refractivity contribution in [2.75, 3.05) is 6.61 Å². The van der Waals surface area contributed by atoms with Crippen LogP contribution in [0.3, 0.4) is 0 Å². The number of hydrogen-bond donors (Lipinski definition) is 0. The molecule has 0 N–H and O–H groups in total. The van der Waals surface area contributed by atoms with Crippen molar-refractivity contribution in [1.29, 1.82) is 0 Å². The van der Waals surface area contributed by atoms with Crippen LogP contribution in [0.2, 0.25) is 0 Å². The molecular weight excluding hydrogens is 323 g/mol. The molecule has 0 saturated heterocycles. The summed E-state index contributed by atoms with van der Waals surface area (Å²) in [5.74, 6) is 0. The van der Waals surface area contributed by atoms with Crippen molar-refractivity contribution in [3.8, 4) is 0 Å². The molecule has 1 nitrogen and oxygen atoms in total. The molecule has 0 spiro atoms. The van der Waals surface area contributed by atoms with E-state index in [-0.39, 0.29) is 16.5 Å². The summed E-state index contributed by atoms with van der Waals surface area (Å²) in [5.41, 5.74) is 0. The molecule has 0 saturated carbocycles. The quantitative estimate of drug-likeness (QED) is 0.180. The van der Waals surface area contributed by atoms with E-state index in [1.807, 2.05) is 6.92 Å². The average Bonchev–Trinajstić information content (AvgIpc) is 2.43. The van der Waals surface area contributed by atoms with Crippen molar-refractivity contribution in [1.82, 2.24) is 0 Å². The first kappa shape index (κ1) is 23.6. The van der Waals surface area contributed by atoms with Crippen LogP contribution in [0, 0.1) is 0 Å². The summed E-state index contributed by atoms with van der Waals surface area (Å²) in [7, 11) is 0. The van der Waals surface area contributed by atoms with Gasteiger partial charge in [-0.25, -0.2) is 0 Å². The van der Waals surface area contributed by atoms with E-state index in [9.17, 15) is 0 Å². The minimum atomic E-state index is 0. The smallest absolute Gasteiger partial charge is 0.156 e.